The van der Waals surface area contributed by atoms with Gasteiger partial charge in [-0.15, -0.1) is 0 Å². The van der Waals surface area contributed by atoms with Crippen molar-refractivity contribution < 1.29 is 0 Å². The Morgan fingerprint density at radius 3 is 1.41 bits per heavy atom. The van der Waals surface area contributed by atoms with Crippen molar-refractivity contribution in [1.82, 2.24) is 14.5 Å². The van der Waals surface area contributed by atoms with Crippen LogP contribution >= 0.6 is 0 Å². The first kappa shape index (κ1) is 36.5. The van der Waals surface area contributed by atoms with Crippen molar-refractivity contribution in [3.63, 3.8) is 0 Å². The molecule has 12 rings (SSSR count). The van der Waals surface area contributed by atoms with Gasteiger partial charge in [0.05, 0.1) is 28.6 Å². The SMILES string of the molecule is C(=C\c1ccc(-n2c3ccccc3c3ccccc32)cn1)/c1ccc(-c2ccc(-c3c4ccccc4c(-c4ccc(-c5cccnc5)c5ccccc45)c4ccccc34)cc2)cc1. The quantitative estimate of drug-likeness (QED) is 0.150. The van der Waals surface area contributed by atoms with Crippen LogP contribution in [-0.2, 0) is 0 Å². The van der Waals surface area contributed by atoms with Crippen molar-refractivity contribution in [1.29, 1.82) is 0 Å². The van der Waals surface area contributed by atoms with E-state index in [0.717, 1.165) is 22.5 Å². The first-order valence-electron chi connectivity index (χ1n) is 21.5. The summed E-state index contributed by atoms with van der Waals surface area (Å²) in [4.78, 5) is 9.26. The van der Waals surface area contributed by atoms with Crippen molar-refractivity contribution in [3.8, 4) is 50.2 Å². The van der Waals surface area contributed by atoms with Crippen LogP contribution in [0.5, 0.6) is 0 Å². The van der Waals surface area contributed by atoms with Crippen LogP contribution in [0.4, 0.5) is 0 Å². The highest BCUT2D eigenvalue weighted by Crippen LogP contribution is 2.46. The van der Waals surface area contributed by atoms with Crippen LogP contribution in [0.25, 0.3) is 116 Å². The summed E-state index contributed by atoms with van der Waals surface area (Å²) in [6, 6.07) is 74.5. The van der Waals surface area contributed by atoms with Crippen LogP contribution in [-0.4, -0.2) is 14.5 Å². The Labute approximate surface area is 365 Å². The van der Waals surface area contributed by atoms with Gasteiger partial charge in [-0.1, -0.05) is 182 Å². The molecule has 9 aromatic carbocycles. The van der Waals surface area contributed by atoms with E-state index in [-0.39, 0.29) is 0 Å². The van der Waals surface area contributed by atoms with Gasteiger partial charge in [-0.25, -0.2) is 0 Å². The lowest BCUT2D eigenvalue weighted by Crippen LogP contribution is -1.95. The minimum absolute atomic E-state index is 0.916. The average Bonchev–Trinajstić information content (AvgIpc) is 3.70. The Balaban J connectivity index is 0.847. The van der Waals surface area contributed by atoms with Crippen LogP contribution in [0.1, 0.15) is 11.3 Å². The number of rotatable bonds is 7. The molecular weight excluding hydrogens is 763 g/mol. The van der Waals surface area contributed by atoms with Gasteiger partial charge in [-0.2, -0.15) is 0 Å². The van der Waals surface area contributed by atoms with Crippen LogP contribution in [0.3, 0.4) is 0 Å². The Morgan fingerprint density at radius 1 is 0.333 bits per heavy atom. The molecule has 3 nitrogen and oxygen atoms in total. The van der Waals surface area contributed by atoms with E-state index in [1.165, 1.54) is 93.1 Å². The van der Waals surface area contributed by atoms with E-state index in [9.17, 15) is 0 Å². The molecule has 0 unspecified atom stereocenters. The summed E-state index contributed by atoms with van der Waals surface area (Å²) in [7, 11) is 0. The molecule has 0 saturated carbocycles. The third kappa shape index (κ3) is 6.29. The fourth-order valence-electron chi connectivity index (χ4n) is 9.65. The monoisotopic (exact) mass is 801 g/mol. The lowest BCUT2D eigenvalue weighted by Gasteiger charge is -2.19. The molecule has 0 atom stereocenters. The van der Waals surface area contributed by atoms with E-state index in [2.05, 4.69) is 222 Å². The third-order valence-electron chi connectivity index (χ3n) is 12.6. The first-order chi connectivity index (χ1) is 31.3. The zero-order valence-corrected chi connectivity index (χ0v) is 34.4. The van der Waals surface area contributed by atoms with E-state index in [1.54, 1.807) is 0 Å². The summed E-state index contributed by atoms with van der Waals surface area (Å²) in [5.41, 5.74) is 15.1. The van der Waals surface area contributed by atoms with Crippen LogP contribution in [0, 0.1) is 0 Å². The molecule has 0 saturated heterocycles. The number of para-hydroxylation sites is 2. The maximum atomic E-state index is 4.84. The van der Waals surface area contributed by atoms with E-state index in [1.807, 2.05) is 24.7 Å². The van der Waals surface area contributed by atoms with Gasteiger partial charge in [0.15, 0.2) is 0 Å². The van der Waals surface area contributed by atoms with Gasteiger partial charge in [0.2, 0.25) is 0 Å². The van der Waals surface area contributed by atoms with Gasteiger partial charge in [0.1, 0.15) is 0 Å². The van der Waals surface area contributed by atoms with E-state index in [0.29, 0.717) is 0 Å². The number of fused-ring (bicyclic) bond motifs is 6. The van der Waals surface area contributed by atoms with Crippen LogP contribution in [0.2, 0.25) is 0 Å². The molecule has 0 aliphatic carbocycles. The van der Waals surface area contributed by atoms with Gasteiger partial charge in [0.25, 0.3) is 0 Å². The molecule has 0 amide bonds. The fourth-order valence-corrected chi connectivity index (χ4v) is 9.65. The maximum Gasteiger partial charge on any atom is 0.0645 e. The largest absolute Gasteiger partial charge is 0.308 e. The van der Waals surface area contributed by atoms with E-state index in [4.69, 9.17) is 4.98 Å². The highest BCUT2D eigenvalue weighted by Gasteiger charge is 2.19. The van der Waals surface area contributed by atoms with Gasteiger partial charge in [0, 0.05) is 28.7 Å². The zero-order chi connectivity index (χ0) is 41.7. The van der Waals surface area contributed by atoms with Crippen molar-refractivity contribution in [2.45, 2.75) is 0 Å². The Kier molecular flexibility index (Phi) is 8.83. The van der Waals surface area contributed by atoms with Gasteiger partial charge >= 0.3 is 0 Å². The zero-order valence-electron chi connectivity index (χ0n) is 34.4. The molecule has 12 aromatic rings. The lowest BCUT2D eigenvalue weighted by atomic mass is 9.83. The third-order valence-corrected chi connectivity index (χ3v) is 12.6. The van der Waals surface area contributed by atoms with Crippen molar-refractivity contribution in [2.24, 2.45) is 0 Å². The van der Waals surface area contributed by atoms with Crippen molar-refractivity contribution in [3.05, 3.63) is 236 Å². The number of hydrogen-bond donors (Lipinski definition) is 0. The van der Waals surface area contributed by atoms with Gasteiger partial charge in [-0.3, -0.25) is 9.97 Å². The molecule has 3 heterocycles. The highest BCUT2D eigenvalue weighted by atomic mass is 15.0. The maximum absolute atomic E-state index is 4.84. The van der Waals surface area contributed by atoms with Gasteiger partial charge in [-0.05, 0) is 113 Å². The molecule has 0 N–H and O–H groups in total. The predicted octanol–water partition coefficient (Wildman–Crippen LogP) is 15.9. The normalized spacial score (nSPS) is 11.7. The fraction of sp³-hybridized carbons (Fsp3) is 0. The summed E-state index contributed by atoms with van der Waals surface area (Å²) < 4.78 is 2.30. The number of benzene rings is 9. The number of aromatic nitrogens is 3. The molecule has 0 radical (unpaired) electrons. The molecule has 0 aliphatic rings. The minimum atomic E-state index is 0.916. The molecule has 3 heteroatoms. The number of nitrogens with zero attached hydrogens (tertiary/aromatic N) is 3. The topological polar surface area (TPSA) is 30.7 Å². The average molecular weight is 802 g/mol. The Hall–Kier alpha value is -8.40. The molecular formula is C60H39N3. The van der Waals surface area contributed by atoms with Gasteiger partial charge < -0.3 is 4.57 Å². The highest BCUT2D eigenvalue weighted by molar-refractivity contribution is 6.24. The smallest absolute Gasteiger partial charge is 0.0645 e. The van der Waals surface area contributed by atoms with Crippen LogP contribution < -0.4 is 0 Å². The summed E-state index contributed by atoms with van der Waals surface area (Å²) in [6.07, 6.45) is 9.96. The lowest BCUT2D eigenvalue weighted by molar-refractivity contribution is 1.13. The molecule has 63 heavy (non-hydrogen) atoms. The molecule has 294 valence electrons. The van der Waals surface area contributed by atoms with Crippen molar-refractivity contribution >= 4 is 66.3 Å². The summed E-state index contributed by atoms with van der Waals surface area (Å²) in [6.45, 7) is 0. The van der Waals surface area contributed by atoms with Crippen LogP contribution in [0.15, 0.2) is 225 Å². The minimum Gasteiger partial charge on any atom is -0.308 e. The molecule has 0 bridgehead atoms. The Morgan fingerprint density at radius 2 is 0.841 bits per heavy atom. The summed E-state index contributed by atoms with van der Waals surface area (Å²) in [5, 5.41) is 9.92. The van der Waals surface area contributed by atoms with E-state index < -0.39 is 0 Å². The molecule has 0 spiro atoms. The summed E-state index contributed by atoms with van der Waals surface area (Å²) in [5.74, 6) is 0. The number of pyridine rings is 2. The van der Waals surface area contributed by atoms with E-state index >= 15 is 0 Å². The standard InChI is InChI=1S/C60H39N3/c1-2-14-49-48(13-1)47(44-12-11-37-61-38-44)35-36-56(49)60-54-19-5-3-17-52(54)59(53-18-4-6-20-55(53)60)43-30-28-42(29-31-43)41-26-23-40(24-27-41)25-32-45-33-34-46(39-62-45)63-57-21-9-7-15-50(57)51-16-8-10-22-58(51)63/h1-39H/b32-25+. The second-order valence-corrected chi connectivity index (χ2v) is 16.1. The Bertz CT molecular complexity index is 3580. The second kappa shape index (κ2) is 15.3. The summed E-state index contributed by atoms with van der Waals surface area (Å²) >= 11 is 0. The second-order valence-electron chi connectivity index (χ2n) is 16.1. The first-order valence-corrected chi connectivity index (χ1v) is 21.5. The number of hydrogen-bond acceptors (Lipinski definition) is 2. The molecule has 3 aromatic heterocycles. The molecule has 0 fully saturated rings. The molecule has 0 aliphatic heterocycles. The predicted molar refractivity (Wildman–Crippen MR) is 266 cm³/mol. The van der Waals surface area contributed by atoms with Crippen molar-refractivity contribution in [2.75, 3.05) is 0 Å².